The summed E-state index contributed by atoms with van der Waals surface area (Å²) in [6, 6.07) is 32.8. The summed E-state index contributed by atoms with van der Waals surface area (Å²) in [5.74, 6) is 0.0482. The van der Waals surface area contributed by atoms with Gasteiger partial charge in [-0.1, -0.05) is 90.5 Å². The Balaban J connectivity index is 1.27. The van der Waals surface area contributed by atoms with Gasteiger partial charge in [0, 0.05) is 47.9 Å². The molecule has 0 spiro atoms. The van der Waals surface area contributed by atoms with E-state index in [2.05, 4.69) is 71.4 Å². The van der Waals surface area contributed by atoms with Crippen LogP contribution in [0.3, 0.4) is 0 Å². The average Bonchev–Trinajstić information content (AvgIpc) is 3.53. The molecule has 6 aromatic rings. The van der Waals surface area contributed by atoms with Crippen molar-refractivity contribution in [1.82, 2.24) is 14.3 Å². The molecule has 0 aliphatic rings. The lowest BCUT2D eigenvalue weighted by molar-refractivity contribution is 0.0745. The number of fused-ring (bicyclic) bond motifs is 2. The van der Waals surface area contributed by atoms with Crippen molar-refractivity contribution >= 4 is 33.0 Å². The Labute approximate surface area is 220 Å². The quantitative estimate of drug-likeness (QED) is 0.228. The van der Waals surface area contributed by atoms with Crippen LogP contribution in [0.15, 0.2) is 109 Å². The fraction of sp³-hybridized carbons (Fsp3) is 0.125. The van der Waals surface area contributed by atoms with Crippen molar-refractivity contribution in [3.63, 3.8) is 0 Å². The molecule has 0 bridgehead atoms. The molecule has 182 valence electrons. The summed E-state index contributed by atoms with van der Waals surface area (Å²) in [7, 11) is 0. The second-order valence-corrected chi connectivity index (χ2v) is 10.2. The molecule has 4 nitrogen and oxygen atoms in total. The maximum absolute atomic E-state index is 13.7. The number of rotatable bonds is 7. The molecule has 0 fully saturated rings. The number of aryl methyl sites for hydroxylation is 1. The first-order valence-electron chi connectivity index (χ1n) is 12.5. The van der Waals surface area contributed by atoms with Crippen LogP contribution in [0.5, 0.6) is 0 Å². The van der Waals surface area contributed by atoms with Crippen LogP contribution in [-0.4, -0.2) is 26.7 Å². The number of imidazole rings is 1. The minimum atomic E-state index is 0.0482. The summed E-state index contributed by atoms with van der Waals surface area (Å²) in [5.41, 5.74) is 6.33. The highest BCUT2D eigenvalue weighted by Gasteiger charge is 2.18. The second kappa shape index (κ2) is 10.0. The number of benzene rings is 4. The van der Waals surface area contributed by atoms with E-state index in [4.69, 9.17) is 4.98 Å². The molecule has 0 aliphatic carbocycles. The highest BCUT2D eigenvalue weighted by molar-refractivity contribution is 7.15. The minimum absolute atomic E-state index is 0.0482. The molecule has 0 N–H and O–H groups in total. The summed E-state index contributed by atoms with van der Waals surface area (Å²) in [4.78, 5) is 21.5. The third kappa shape index (κ3) is 4.91. The zero-order valence-corrected chi connectivity index (χ0v) is 21.5. The zero-order chi connectivity index (χ0) is 25.2. The Morgan fingerprint density at radius 3 is 2.46 bits per heavy atom. The monoisotopic (exact) mass is 501 g/mol. The number of hydrogen-bond donors (Lipinski definition) is 0. The van der Waals surface area contributed by atoms with Gasteiger partial charge < -0.3 is 4.90 Å². The van der Waals surface area contributed by atoms with E-state index in [1.807, 2.05) is 53.4 Å². The predicted octanol–water partition coefficient (Wildman–Crippen LogP) is 7.41. The molecule has 5 heteroatoms. The van der Waals surface area contributed by atoms with E-state index >= 15 is 0 Å². The molecule has 0 radical (unpaired) electrons. The molecule has 6 rings (SSSR count). The molecule has 0 unspecified atom stereocenters. The first-order valence-corrected chi connectivity index (χ1v) is 13.4. The van der Waals surface area contributed by atoms with Crippen molar-refractivity contribution in [1.29, 1.82) is 0 Å². The molecule has 2 heterocycles. The standard InChI is InChI=1S/C32H27N3OS/c1-23-11-13-26(14-12-23)30-21-35-29(22-37-32(35)33-30)17-18-34(20-24-7-3-2-4-8-24)31(36)28-16-15-25-9-5-6-10-27(25)19-28/h2-16,19,21-22H,17-18,20H2,1H3. The SMILES string of the molecule is Cc1ccc(-c2cn3c(CCN(Cc4ccccc4)C(=O)c4ccc5ccccc5c4)csc3n2)cc1. The van der Waals surface area contributed by atoms with Crippen molar-refractivity contribution in [2.45, 2.75) is 19.9 Å². The summed E-state index contributed by atoms with van der Waals surface area (Å²) in [6.45, 7) is 3.27. The fourth-order valence-electron chi connectivity index (χ4n) is 4.68. The van der Waals surface area contributed by atoms with Crippen LogP contribution in [0, 0.1) is 6.92 Å². The Morgan fingerprint density at radius 1 is 0.892 bits per heavy atom. The van der Waals surface area contributed by atoms with E-state index in [1.54, 1.807) is 11.3 Å². The van der Waals surface area contributed by atoms with Gasteiger partial charge in [-0.15, -0.1) is 11.3 Å². The van der Waals surface area contributed by atoms with Gasteiger partial charge in [-0.3, -0.25) is 9.20 Å². The summed E-state index contributed by atoms with van der Waals surface area (Å²) in [5, 5.41) is 4.37. The Morgan fingerprint density at radius 2 is 1.65 bits per heavy atom. The van der Waals surface area contributed by atoms with Crippen LogP contribution in [0.25, 0.3) is 27.0 Å². The molecule has 0 atom stereocenters. The topological polar surface area (TPSA) is 37.6 Å². The summed E-state index contributed by atoms with van der Waals surface area (Å²) < 4.78 is 2.17. The van der Waals surface area contributed by atoms with Crippen LogP contribution < -0.4 is 0 Å². The predicted molar refractivity (Wildman–Crippen MR) is 152 cm³/mol. The average molecular weight is 502 g/mol. The lowest BCUT2D eigenvalue weighted by atomic mass is 10.1. The van der Waals surface area contributed by atoms with E-state index in [-0.39, 0.29) is 5.91 Å². The number of thiazole rings is 1. The molecule has 37 heavy (non-hydrogen) atoms. The number of carbonyl (C=O) groups is 1. The first-order chi connectivity index (χ1) is 18.1. The van der Waals surface area contributed by atoms with Crippen LogP contribution in [0.2, 0.25) is 0 Å². The maximum Gasteiger partial charge on any atom is 0.254 e. The second-order valence-electron chi connectivity index (χ2n) is 9.40. The molecule has 2 aromatic heterocycles. The smallest absolute Gasteiger partial charge is 0.254 e. The van der Waals surface area contributed by atoms with Crippen molar-refractivity contribution in [3.05, 3.63) is 131 Å². The van der Waals surface area contributed by atoms with Crippen molar-refractivity contribution < 1.29 is 4.79 Å². The molecule has 1 amide bonds. The number of carbonyl (C=O) groups excluding carboxylic acids is 1. The molecular weight excluding hydrogens is 474 g/mol. The van der Waals surface area contributed by atoms with E-state index < -0.39 is 0 Å². The van der Waals surface area contributed by atoms with Crippen LogP contribution in [0.1, 0.15) is 27.2 Å². The van der Waals surface area contributed by atoms with Gasteiger partial charge in [0.1, 0.15) is 0 Å². The molecule has 0 saturated heterocycles. The molecule has 0 aliphatic heterocycles. The molecule has 0 saturated carbocycles. The third-order valence-electron chi connectivity index (χ3n) is 6.77. The van der Waals surface area contributed by atoms with E-state index in [1.165, 1.54) is 5.56 Å². The van der Waals surface area contributed by atoms with Gasteiger partial charge in [-0.05, 0) is 35.4 Å². The van der Waals surface area contributed by atoms with E-state index in [0.29, 0.717) is 13.1 Å². The Kier molecular flexibility index (Phi) is 6.29. The van der Waals surface area contributed by atoms with Crippen molar-refractivity contribution in [2.24, 2.45) is 0 Å². The van der Waals surface area contributed by atoms with Crippen LogP contribution >= 0.6 is 11.3 Å². The Hall–Kier alpha value is -4.22. The summed E-state index contributed by atoms with van der Waals surface area (Å²) in [6.07, 6.45) is 2.86. The van der Waals surface area contributed by atoms with Gasteiger partial charge in [-0.25, -0.2) is 4.98 Å². The number of nitrogens with zero attached hydrogens (tertiary/aromatic N) is 3. The number of hydrogen-bond acceptors (Lipinski definition) is 3. The first kappa shape index (κ1) is 23.2. The van der Waals surface area contributed by atoms with Gasteiger partial charge in [0.15, 0.2) is 4.96 Å². The van der Waals surface area contributed by atoms with Crippen LogP contribution in [-0.2, 0) is 13.0 Å². The van der Waals surface area contributed by atoms with Gasteiger partial charge in [0.25, 0.3) is 5.91 Å². The highest BCUT2D eigenvalue weighted by atomic mass is 32.1. The van der Waals surface area contributed by atoms with Gasteiger partial charge in [-0.2, -0.15) is 0 Å². The normalized spacial score (nSPS) is 11.3. The Bertz CT molecular complexity index is 1680. The largest absolute Gasteiger partial charge is 0.334 e. The molecule has 4 aromatic carbocycles. The highest BCUT2D eigenvalue weighted by Crippen LogP contribution is 2.25. The zero-order valence-electron chi connectivity index (χ0n) is 20.7. The lowest BCUT2D eigenvalue weighted by Crippen LogP contribution is -2.32. The third-order valence-corrected chi connectivity index (χ3v) is 7.66. The van der Waals surface area contributed by atoms with Crippen molar-refractivity contribution in [3.8, 4) is 11.3 Å². The van der Waals surface area contributed by atoms with Crippen LogP contribution in [0.4, 0.5) is 0 Å². The summed E-state index contributed by atoms with van der Waals surface area (Å²) >= 11 is 1.64. The minimum Gasteiger partial charge on any atom is -0.334 e. The van der Waals surface area contributed by atoms with Gasteiger partial charge in [0.05, 0.1) is 5.69 Å². The maximum atomic E-state index is 13.7. The van der Waals surface area contributed by atoms with Crippen molar-refractivity contribution in [2.75, 3.05) is 6.54 Å². The number of aromatic nitrogens is 2. The fourth-order valence-corrected chi connectivity index (χ4v) is 5.59. The lowest BCUT2D eigenvalue weighted by Gasteiger charge is -2.23. The van der Waals surface area contributed by atoms with Gasteiger partial charge >= 0.3 is 0 Å². The van der Waals surface area contributed by atoms with E-state index in [0.717, 1.165) is 50.2 Å². The van der Waals surface area contributed by atoms with E-state index in [9.17, 15) is 4.79 Å². The van der Waals surface area contributed by atoms with Gasteiger partial charge in [0.2, 0.25) is 0 Å². The molecular formula is C32H27N3OS. The number of amides is 1.